The minimum Gasteiger partial charge on any atom is -0.467 e. The van der Waals surface area contributed by atoms with E-state index in [1.807, 2.05) is 13.8 Å². The number of amides is 2. The van der Waals surface area contributed by atoms with Crippen molar-refractivity contribution < 1.29 is 23.9 Å². The van der Waals surface area contributed by atoms with Crippen molar-refractivity contribution in [3.63, 3.8) is 0 Å². The highest BCUT2D eigenvalue weighted by Crippen LogP contribution is 2.06. The lowest BCUT2D eigenvalue weighted by atomic mass is 10.0. The molecule has 0 bridgehead atoms. The summed E-state index contributed by atoms with van der Waals surface area (Å²) in [7, 11) is 2.47. The van der Waals surface area contributed by atoms with Gasteiger partial charge in [-0.05, 0) is 19.3 Å². The Labute approximate surface area is 113 Å². The zero-order valence-electron chi connectivity index (χ0n) is 12.0. The third kappa shape index (κ3) is 6.64. The van der Waals surface area contributed by atoms with Gasteiger partial charge in [-0.15, -0.1) is 0 Å². The first-order valence-electron chi connectivity index (χ1n) is 6.04. The summed E-state index contributed by atoms with van der Waals surface area (Å²) < 4.78 is 9.02. The minimum atomic E-state index is -0.799. The smallest absolute Gasteiger partial charge is 0.407 e. The van der Waals surface area contributed by atoms with E-state index in [2.05, 4.69) is 20.1 Å². The van der Waals surface area contributed by atoms with Crippen molar-refractivity contribution in [3.8, 4) is 0 Å². The van der Waals surface area contributed by atoms with Crippen molar-refractivity contribution >= 4 is 18.0 Å². The molecule has 0 saturated carbocycles. The zero-order chi connectivity index (χ0) is 15.0. The molecule has 7 nitrogen and oxygen atoms in total. The Morgan fingerprint density at radius 1 is 1.00 bits per heavy atom. The highest BCUT2D eigenvalue weighted by atomic mass is 16.5. The van der Waals surface area contributed by atoms with E-state index in [1.165, 1.54) is 21.1 Å². The van der Waals surface area contributed by atoms with Crippen LogP contribution >= 0.6 is 0 Å². The lowest BCUT2D eigenvalue weighted by molar-refractivity contribution is -0.145. The zero-order valence-corrected chi connectivity index (χ0v) is 12.0. The average molecular weight is 274 g/mol. The summed E-state index contributed by atoms with van der Waals surface area (Å²) in [6.45, 7) is 5.35. The Morgan fingerprint density at radius 2 is 1.58 bits per heavy atom. The molecule has 0 fully saturated rings. The Hall–Kier alpha value is -1.79. The van der Waals surface area contributed by atoms with Crippen LogP contribution in [0.25, 0.3) is 0 Å². The molecular weight excluding hydrogens is 252 g/mol. The van der Waals surface area contributed by atoms with Gasteiger partial charge in [-0.2, -0.15) is 0 Å². The largest absolute Gasteiger partial charge is 0.467 e. The molecule has 0 saturated heterocycles. The van der Waals surface area contributed by atoms with Crippen LogP contribution in [0.4, 0.5) is 4.79 Å². The SMILES string of the molecule is COC(=O)NC(C)C(=O)NC(CC(C)C)C(=O)OC. The third-order valence-electron chi connectivity index (χ3n) is 2.42. The molecule has 2 unspecified atom stereocenters. The topological polar surface area (TPSA) is 93.7 Å². The maximum absolute atomic E-state index is 11.8. The van der Waals surface area contributed by atoms with Crippen LogP contribution in [0.1, 0.15) is 27.2 Å². The van der Waals surface area contributed by atoms with Crippen LogP contribution in [0.15, 0.2) is 0 Å². The van der Waals surface area contributed by atoms with Gasteiger partial charge in [0, 0.05) is 0 Å². The molecule has 0 heterocycles. The van der Waals surface area contributed by atoms with E-state index < -0.39 is 30.1 Å². The van der Waals surface area contributed by atoms with E-state index in [0.29, 0.717) is 6.42 Å². The maximum atomic E-state index is 11.8. The van der Waals surface area contributed by atoms with Crippen molar-refractivity contribution in [2.24, 2.45) is 5.92 Å². The monoisotopic (exact) mass is 274 g/mol. The fourth-order valence-corrected chi connectivity index (χ4v) is 1.43. The number of carbonyl (C=O) groups excluding carboxylic acids is 3. The van der Waals surface area contributed by atoms with Crippen molar-refractivity contribution in [2.45, 2.75) is 39.3 Å². The van der Waals surface area contributed by atoms with Crippen LogP contribution < -0.4 is 10.6 Å². The van der Waals surface area contributed by atoms with Crippen molar-refractivity contribution in [2.75, 3.05) is 14.2 Å². The number of alkyl carbamates (subject to hydrolysis) is 1. The summed E-state index contributed by atoms with van der Waals surface area (Å²) in [6.07, 6.45) is -0.246. The van der Waals surface area contributed by atoms with E-state index in [9.17, 15) is 14.4 Å². The van der Waals surface area contributed by atoms with Gasteiger partial charge in [0.2, 0.25) is 5.91 Å². The molecule has 2 amide bonds. The van der Waals surface area contributed by atoms with E-state index in [1.54, 1.807) is 0 Å². The van der Waals surface area contributed by atoms with E-state index in [0.717, 1.165) is 0 Å². The number of nitrogens with one attached hydrogen (secondary N) is 2. The molecular formula is C12H22N2O5. The Morgan fingerprint density at radius 3 is 2.00 bits per heavy atom. The molecule has 19 heavy (non-hydrogen) atoms. The highest BCUT2D eigenvalue weighted by Gasteiger charge is 2.25. The first-order valence-corrected chi connectivity index (χ1v) is 6.04. The van der Waals surface area contributed by atoms with Crippen molar-refractivity contribution in [3.05, 3.63) is 0 Å². The van der Waals surface area contributed by atoms with E-state index in [-0.39, 0.29) is 5.92 Å². The molecule has 0 rings (SSSR count). The summed E-state index contributed by atoms with van der Waals surface area (Å²) in [5.74, 6) is -0.762. The van der Waals surface area contributed by atoms with Gasteiger partial charge in [0.05, 0.1) is 14.2 Å². The summed E-state index contributed by atoms with van der Waals surface area (Å²) in [6, 6.07) is -1.52. The van der Waals surface area contributed by atoms with Crippen molar-refractivity contribution in [1.29, 1.82) is 0 Å². The van der Waals surface area contributed by atoms with Gasteiger partial charge >= 0.3 is 12.1 Å². The number of hydrogen-bond donors (Lipinski definition) is 2. The molecule has 7 heteroatoms. The summed E-state index contributed by atoms with van der Waals surface area (Å²) in [5, 5.41) is 4.86. The van der Waals surface area contributed by atoms with E-state index >= 15 is 0 Å². The third-order valence-corrected chi connectivity index (χ3v) is 2.42. The van der Waals surface area contributed by atoms with Gasteiger partial charge in [0.1, 0.15) is 12.1 Å². The molecule has 0 aliphatic rings. The normalized spacial score (nSPS) is 13.4. The van der Waals surface area contributed by atoms with Crippen LogP contribution in [0.2, 0.25) is 0 Å². The van der Waals surface area contributed by atoms with Gasteiger partial charge in [0.15, 0.2) is 0 Å². The first-order chi connectivity index (χ1) is 8.81. The van der Waals surface area contributed by atoms with Gasteiger partial charge in [0.25, 0.3) is 0 Å². The summed E-state index contributed by atoms with van der Waals surface area (Å²) in [5.41, 5.74) is 0. The molecule has 2 atom stereocenters. The molecule has 110 valence electrons. The minimum absolute atomic E-state index is 0.216. The van der Waals surface area contributed by atoms with Crippen LogP contribution in [0.3, 0.4) is 0 Å². The number of hydrogen-bond acceptors (Lipinski definition) is 5. The number of esters is 1. The number of methoxy groups -OCH3 is 2. The van der Waals surface area contributed by atoms with E-state index in [4.69, 9.17) is 0 Å². The Balaban J connectivity index is 4.52. The molecule has 0 spiro atoms. The molecule has 2 N–H and O–H groups in total. The average Bonchev–Trinajstić information content (AvgIpc) is 2.35. The van der Waals surface area contributed by atoms with Crippen molar-refractivity contribution in [1.82, 2.24) is 10.6 Å². The second-order valence-electron chi connectivity index (χ2n) is 4.57. The predicted octanol–water partition coefficient (Wildman–Crippen LogP) is 0.435. The van der Waals surface area contributed by atoms with Crippen LogP contribution in [-0.4, -0.2) is 44.3 Å². The molecule has 0 aliphatic heterocycles. The molecule has 0 aromatic carbocycles. The fraction of sp³-hybridized carbons (Fsp3) is 0.750. The lowest BCUT2D eigenvalue weighted by Crippen LogP contribution is -2.50. The number of carbonyl (C=O) groups is 3. The second kappa shape index (κ2) is 8.34. The van der Waals surface area contributed by atoms with Crippen LogP contribution in [-0.2, 0) is 19.1 Å². The van der Waals surface area contributed by atoms with Crippen LogP contribution in [0, 0.1) is 5.92 Å². The molecule has 0 aromatic heterocycles. The summed E-state index contributed by atoms with van der Waals surface area (Å²) >= 11 is 0. The van der Waals surface area contributed by atoms with Gasteiger partial charge < -0.3 is 20.1 Å². The molecule has 0 aliphatic carbocycles. The quantitative estimate of drug-likeness (QED) is 0.685. The number of ether oxygens (including phenoxy) is 2. The second-order valence-corrected chi connectivity index (χ2v) is 4.57. The lowest BCUT2D eigenvalue weighted by Gasteiger charge is -2.20. The fourth-order valence-electron chi connectivity index (χ4n) is 1.43. The Kier molecular flexibility index (Phi) is 7.55. The maximum Gasteiger partial charge on any atom is 0.407 e. The Bertz CT molecular complexity index is 330. The molecule has 0 aromatic rings. The standard InChI is InChI=1S/C12H22N2O5/c1-7(2)6-9(11(16)18-4)14-10(15)8(3)13-12(17)19-5/h7-9H,6H2,1-5H3,(H,13,17)(H,14,15). The highest BCUT2D eigenvalue weighted by molar-refractivity contribution is 5.89. The predicted molar refractivity (Wildman–Crippen MR) is 68.4 cm³/mol. The first kappa shape index (κ1) is 17.2. The van der Waals surface area contributed by atoms with Gasteiger partial charge in [-0.1, -0.05) is 13.8 Å². The summed E-state index contributed by atoms with van der Waals surface area (Å²) in [4.78, 5) is 34.3. The van der Waals surface area contributed by atoms with Gasteiger partial charge in [-0.3, -0.25) is 4.79 Å². The van der Waals surface area contributed by atoms with Gasteiger partial charge in [-0.25, -0.2) is 9.59 Å². The molecule has 0 radical (unpaired) electrons. The number of rotatable bonds is 6. The van der Waals surface area contributed by atoms with Crippen LogP contribution in [0.5, 0.6) is 0 Å².